The van der Waals surface area contributed by atoms with E-state index >= 15 is 0 Å². The molecule has 0 saturated heterocycles. The number of nitrogens with zero attached hydrogens (tertiary/aromatic N) is 1. The topological polar surface area (TPSA) is 111 Å². The Kier molecular flexibility index (Phi) is 44.6. The van der Waals surface area contributed by atoms with Crippen molar-refractivity contribution in [2.45, 2.75) is 238 Å². The summed E-state index contributed by atoms with van der Waals surface area (Å²) >= 11 is 0. The average Bonchev–Trinajstić information content (AvgIpc) is 3.25. The molecule has 0 aliphatic rings. The predicted octanol–water partition coefficient (Wildman–Crippen LogP) is 15.2. The summed E-state index contributed by atoms with van der Waals surface area (Å²) in [5.74, 6) is -0.863. The minimum absolute atomic E-state index is 0.0361. The van der Waals surface area contributed by atoms with Gasteiger partial charge in [-0.15, -0.1) is 0 Å². The molecule has 0 fully saturated rings. The zero-order valence-electron chi connectivity index (χ0n) is 42.2. The maximum absolute atomic E-state index is 12.8. The summed E-state index contributed by atoms with van der Waals surface area (Å²) in [6.07, 6.45) is 55.8. The highest BCUT2D eigenvalue weighted by Gasteiger charge is 2.21. The number of unbranched alkanes of at least 4 members (excludes halogenated alkanes) is 26. The van der Waals surface area contributed by atoms with E-state index in [1.807, 2.05) is 21.1 Å². The normalized spacial score (nSPS) is 13.8. The Balaban J connectivity index is 4.24. The van der Waals surface area contributed by atoms with Gasteiger partial charge in [-0.05, 0) is 51.4 Å². The lowest BCUT2D eigenvalue weighted by atomic mass is 10.0. The van der Waals surface area contributed by atoms with Crippen molar-refractivity contribution in [3.8, 4) is 0 Å². The van der Waals surface area contributed by atoms with Crippen LogP contribution in [0, 0.1) is 0 Å². The largest absolute Gasteiger partial charge is 0.756 e. The van der Waals surface area contributed by atoms with Gasteiger partial charge in [0.15, 0.2) is 6.10 Å². The first-order valence-electron chi connectivity index (χ1n) is 26.3. The second-order valence-electron chi connectivity index (χ2n) is 18.9. The number of phosphoric acid groups is 1. The number of quaternary nitrogens is 1. The van der Waals surface area contributed by atoms with E-state index in [1.54, 1.807) is 0 Å². The summed E-state index contributed by atoms with van der Waals surface area (Å²) in [6.45, 7) is 4.16. The van der Waals surface area contributed by atoms with Crippen LogP contribution in [-0.2, 0) is 32.7 Å². The molecule has 0 N–H and O–H groups in total. The lowest BCUT2D eigenvalue weighted by Gasteiger charge is -2.28. The van der Waals surface area contributed by atoms with Crippen molar-refractivity contribution in [3.05, 3.63) is 48.6 Å². The van der Waals surface area contributed by atoms with E-state index in [-0.39, 0.29) is 26.1 Å². The number of esters is 2. The predicted molar refractivity (Wildman–Crippen MR) is 268 cm³/mol. The molecule has 0 bridgehead atoms. The van der Waals surface area contributed by atoms with Gasteiger partial charge in [0.05, 0.1) is 27.7 Å². The van der Waals surface area contributed by atoms with E-state index in [2.05, 4.69) is 62.5 Å². The van der Waals surface area contributed by atoms with Crippen LogP contribution in [0.5, 0.6) is 0 Å². The molecule has 0 aromatic heterocycles. The van der Waals surface area contributed by atoms with E-state index in [0.29, 0.717) is 23.9 Å². The fraction of sp³-hybridized carbons (Fsp3) is 0.815. The molecule has 0 aliphatic carbocycles. The number of ether oxygens (including phenoxy) is 2. The minimum Gasteiger partial charge on any atom is -0.756 e. The number of phosphoric ester groups is 1. The molecule has 0 heterocycles. The van der Waals surface area contributed by atoms with Crippen molar-refractivity contribution in [2.75, 3.05) is 47.5 Å². The number of likely N-dealkylation sites (N-methyl/N-ethyl adjacent to an activating group) is 1. The van der Waals surface area contributed by atoms with Crippen molar-refractivity contribution in [3.63, 3.8) is 0 Å². The van der Waals surface area contributed by atoms with Crippen LogP contribution in [0.15, 0.2) is 48.6 Å². The van der Waals surface area contributed by atoms with E-state index in [1.165, 1.54) is 128 Å². The number of carbonyl (C=O) groups excluding carboxylic acids is 2. The molecule has 64 heavy (non-hydrogen) atoms. The molecule has 0 radical (unpaired) electrons. The first-order valence-corrected chi connectivity index (χ1v) is 27.8. The van der Waals surface area contributed by atoms with E-state index in [4.69, 9.17) is 18.5 Å². The molecule has 9 nitrogen and oxygen atoms in total. The minimum atomic E-state index is -4.64. The molecular weight excluding hydrogens is 822 g/mol. The summed E-state index contributed by atoms with van der Waals surface area (Å²) in [6, 6.07) is 0. The van der Waals surface area contributed by atoms with Gasteiger partial charge in [-0.3, -0.25) is 14.2 Å². The van der Waals surface area contributed by atoms with Gasteiger partial charge in [0, 0.05) is 12.8 Å². The van der Waals surface area contributed by atoms with Crippen molar-refractivity contribution in [2.24, 2.45) is 0 Å². The van der Waals surface area contributed by atoms with Crippen LogP contribution in [0.25, 0.3) is 0 Å². The molecule has 0 aliphatic heterocycles. The molecule has 0 aromatic rings. The number of rotatable bonds is 48. The highest BCUT2D eigenvalue weighted by Crippen LogP contribution is 2.38. The molecule has 0 saturated carbocycles. The summed E-state index contributed by atoms with van der Waals surface area (Å²) < 4.78 is 34.0. The lowest BCUT2D eigenvalue weighted by molar-refractivity contribution is -0.870. The van der Waals surface area contributed by atoms with Crippen molar-refractivity contribution in [1.29, 1.82) is 0 Å². The fourth-order valence-corrected chi connectivity index (χ4v) is 7.96. The quantitative estimate of drug-likeness (QED) is 0.0195. The van der Waals surface area contributed by atoms with Gasteiger partial charge in [0.1, 0.15) is 19.8 Å². The standard InChI is InChI=1S/C54H100NO8P/c1-6-8-10-12-14-16-18-20-22-24-25-26-27-28-29-31-33-35-37-39-41-43-45-47-54(57)63-52(51-62-64(58,59)61-49-48-55(3,4)5)50-60-53(56)46-44-42-40-38-36-34-32-30-23-21-19-17-15-13-11-9-7-2/h11,13,17,19,23,30,34,36,52H,6-10,12,14-16,18,20-22,24-29,31-33,35,37-51H2,1-5H3/b13-11+,19-17+,30-23+,36-34+/t52-/m1/s1. The second-order valence-corrected chi connectivity index (χ2v) is 20.3. The summed E-state index contributed by atoms with van der Waals surface area (Å²) in [4.78, 5) is 37.7. The first-order chi connectivity index (χ1) is 31.0. The van der Waals surface area contributed by atoms with Gasteiger partial charge in [-0.1, -0.05) is 217 Å². The maximum atomic E-state index is 12.8. The lowest BCUT2D eigenvalue weighted by Crippen LogP contribution is -2.37. The van der Waals surface area contributed by atoms with Gasteiger partial charge in [0.25, 0.3) is 7.82 Å². The van der Waals surface area contributed by atoms with Gasteiger partial charge in [-0.2, -0.15) is 0 Å². The second kappa shape index (κ2) is 46.1. The summed E-state index contributed by atoms with van der Waals surface area (Å²) in [5.41, 5.74) is 0. The van der Waals surface area contributed by atoms with Gasteiger partial charge in [0.2, 0.25) is 0 Å². The number of allylic oxidation sites excluding steroid dienone is 8. The summed E-state index contributed by atoms with van der Waals surface area (Å²) in [5, 5.41) is 0. The van der Waals surface area contributed by atoms with Crippen LogP contribution in [-0.4, -0.2) is 70.0 Å². The Hall–Kier alpha value is -2.03. The molecule has 0 spiro atoms. The Morgan fingerprint density at radius 1 is 0.484 bits per heavy atom. The van der Waals surface area contributed by atoms with Crippen LogP contribution in [0.1, 0.15) is 232 Å². The fourth-order valence-electron chi connectivity index (χ4n) is 7.24. The third-order valence-corrected chi connectivity index (χ3v) is 12.3. The molecule has 0 aromatic carbocycles. The van der Waals surface area contributed by atoms with Gasteiger partial charge >= 0.3 is 11.9 Å². The maximum Gasteiger partial charge on any atom is 0.306 e. The van der Waals surface area contributed by atoms with Crippen LogP contribution in [0.4, 0.5) is 0 Å². The highest BCUT2D eigenvalue weighted by molar-refractivity contribution is 7.45. The van der Waals surface area contributed by atoms with Gasteiger partial charge < -0.3 is 27.9 Å². The first kappa shape index (κ1) is 62.0. The SMILES string of the molecule is CCC/C=C/C/C=C/C/C=C/C/C=C/CCCCCC(=O)OC[C@H](COP(=O)([O-])OCC[N+](C)(C)C)OC(=O)CCCCCCCCCCCCCCCCCCCCCCCCC. The van der Waals surface area contributed by atoms with Crippen LogP contribution >= 0.6 is 7.82 Å². The van der Waals surface area contributed by atoms with Crippen molar-refractivity contribution in [1.82, 2.24) is 0 Å². The van der Waals surface area contributed by atoms with Crippen LogP contribution in [0.2, 0.25) is 0 Å². The molecule has 0 rings (SSSR count). The van der Waals surface area contributed by atoms with Gasteiger partial charge in [-0.25, -0.2) is 0 Å². The molecule has 2 atom stereocenters. The third kappa shape index (κ3) is 49.4. The molecule has 0 amide bonds. The zero-order valence-corrected chi connectivity index (χ0v) is 43.1. The van der Waals surface area contributed by atoms with Crippen molar-refractivity contribution >= 4 is 19.8 Å². The Bertz CT molecular complexity index is 1230. The molecule has 374 valence electrons. The van der Waals surface area contributed by atoms with E-state index in [0.717, 1.165) is 64.2 Å². The molecule has 10 heteroatoms. The van der Waals surface area contributed by atoms with Crippen LogP contribution in [0.3, 0.4) is 0 Å². The molecular formula is C54H100NO8P. The average molecular weight is 922 g/mol. The third-order valence-electron chi connectivity index (χ3n) is 11.3. The Morgan fingerprint density at radius 2 is 0.875 bits per heavy atom. The summed E-state index contributed by atoms with van der Waals surface area (Å²) in [7, 11) is 1.15. The number of hydrogen-bond donors (Lipinski definition) is 0. The molecule has 1 unspecified atom stereocenters. The highest BCUT2D eigenvalue weighted by atomic mass is 31.2. The monoisotopic (exact) mass is 922 g/mol. The number of carbonyl (C=O) groups is 2. The Labute approximate surface area is 394 Å². The smallest absolute Gasteiger partial charge is 0.306 e. The Morgan fingerprint density at radius 3 is 1.31 bits per heavy atom. The van der Waals surface area contributed by atoms with E-state index < -0.39 is 32.5 Å². The zero-order chi connectivity index (χ0) is 47.1. The van der Waals surface area contributed by atoms with Crippen molar-refractivity contribution < 1.29 is 42.1 Å². The number of hydrogen-bond acceptors (Lipinski definition) is 8. The van der Waals surface area contributed by atoms with E-state index in [9.17, 15) is 19.0 Å². The van der Waals surface area contributed by atoms with Crippen LogP contribution < -0.4 is 4.89 Å².